The number of aromatic nitrogens is 1. The summed E-state index contributed by atoms with van der Waals surface area (Å²) in [7, 11) is 0. The number of hydrazine groups is 1. The van der Waals surface area contributed by atoms with Gasteiger partial charge in [0.2, 0.25) is 0 Å². The lowest BCUT2D eigenvalue weighted by molar-refractivity contribution is 0.338. The smallest absolute Gasteiger partial charge is 0.137 e. The first-order chi connectivity index (χ1) is 9.24. The van der Waals surface area contributed by atoms with Gasteiger partial charge in [-0.2, -0.15) is 0 Å². The molecule has 0 amide bonds. The second kappa shape index (κ2) is 6.26. The monoisotopic (exact) mass is 261 g/mol. The first-order valence-corrected chi connectivity index (χ1v) is 6.04. The standard InChI is InChI=1S/C14H16FN3O/c1-2-19-13-7-11(8-17-9-13)14(18-16)10-4-3-5-12(15)6-10/h3-9,14,18H,2,16H2,1H3. The molecule has 0 fully saturated rings. The van der Waals surface area contributed by atoms with Gasteiger partial charge in [0, 0.05) is 6.20 Å². The molecule has 5 heteroatoms. The Morgan fingerprint density at radius 2 is 2.16 bits per heavy atom. The van der Waals surface area contributed by atoms with E-state index >= 15 is 0 Å². The van der Waals surface area contributed by atoms with Crippen LogP contribution in [0.5, 0.6) is 5.75 Å². The highest BCUT2D eigenvalue weighted by Gasteiger charge is 2.14. The Morgan fingerprint density at radius 3 is 2.84 bits per heavy atom. The van der Waals surface area contributed by atoms with E-state index in [0.29, 0.717) is 12.4 Å². The van der Waals surface area contributed by atoms with Gasteiger partial charge in [-0.1, -0.05) is 12.1 Å². The maximum absolute atomic E-state index is 13.3. The molecule has 0 aliphatic heterocycles. The molecule has 0 aliphatic carbocycles. The number of hydrogen-bond donors (Lipinski definition) is 2. The van der Waals surface area contributed by atoms with Crippen molar-refractivity contribution in [1.82, 2.24) is 10.4 Å². The van der Waals surface area contributed by atoms with Crippen LogP contribution in [0.2, 0.25) is 0 Å². The lowest BCUT2D eigenvalue weighted by atomic mass is 10.0. The van der Waals surface area contributed by atoms with Gasteiger partial charge < -0.3 is 4.74 Å². The molecule has 0 saturated carbocycles. The SMILES string of the molecule is CCOc1cncc(C(NN)c2cccc(F)c2)c1. The van der Waals surface area contributed by atoms with E-state index in [0.717, 1.165) is 11.1 Å². The second-order valence-electron chi connectivity index (χ2n) is 4.04. The summed E-state index contributed by atoms with van der Waals surface area (Å²) in [5, 5.41) is 0. The zero-order valence-corrected chi connectivity index (χ0v) is 10.6. The minimum absolute atomic E-state index is 0.299. The van der Waals surface area contributed by atoms with E-state index < -0.39 is 0 Å². The topological polar surface area (TPSA) is 60.2 Å². The largest absolute Gasteiger partial charge is 0.492 e. The Kier molecular flexibility index (Phi) is 4.43. The number of nitrogens with zero attached hydrogens (tertiary/aromatic N) is 1. The van der Waals surface area contributed by atoms with Gasteiger partial charge in [-0.25, -0.2) is 9.82 Å². The molecule has 1 aromatic heterocycles. The molecule has 3 N–H and O–H groups in total. The van der Waals surface area contributed by atoms with Crippen molar-refractivity contribution in [1.29, 1.82) is 0 Å². The summed E-state index contributed by atoms with van der Waals surface area (Å²) in [4.78, 5) is 4.11. The molecule has 0 bridgehead atoms. The fourth-order valence-electron chi connectivity index (χ4n) is 1.91. The Labute approximate surface area is 111 Å². The van der Waals surface area contributed by atoms with Gasteiger partial charge in [0.15, 0.2) is 0 Å². The average molecular weight is 261 g/mol. The van der Waals surface area contributed by atoms with Crippen LogP contribution >= 0.6 is 0 Å². The van der Waals surface area contributed by atoms with Gasteiger partial charge in [-0.3, -0.25) is 10.8 Å². The van der Waals surface area contributed by atoms with Crippen molar-refractivity contribution in [2.45, 2.75) is 13.0 Å². The van der Waals surface area contributed by atoms with E-state index in [1.807, 2.05) is 13.0 Å². The van der Waals surface area contributed by atoms with Crippen molar-refractivity contribution >= 4 is 0 Å². The van der Waals surface area contributed by atoms with Crippen molar-refractivity contribution < 1.29 is 9.13 Å². The molecular weight excluding hydrogens is 245 g/mol. The van der Waals surface area contributed by atoms with E-state index in [1.54, 1.807) is 24.5 Å². The number of halogens is 1. The fourth-order valence-corrected chi connectivity index (χ4v) is 1.91. The third kappa shape index (κ3) is 3.27. The Morgan fingerprint density at radius 1 is 1.32 bits per heavy atom. The highest BCUT2D eigenvalue weighted by Crippen LogP contribution is 2.24. The molecule has 1 aromatic carbocycles. The molecule has 4 nitrogen and oxygen atoms in total. The van der Waals surface area contributed by atoms with Crippen LogP contribution in [0, 0.1) is 5.82 Å². The minimum Gasteiger partial charge on any atom is -0.492 e. The number of benzene rings is 1. The Bertz CT molecular complexity index is 548. The predicted octanol–water partition coefficient (Wildman–Crippen LogP) is 2.17. The summed E-state index contributed by atoms with van der Waals surface area (Å²) in [5.74, 6) is 5.93. The molecule has 100 valence electrons. The zero-order valence-electron chi connectivity index (χ0n) is 10.6. The number of hydrogen-bond acceptors (Lipinski definition) is 4. The van der Waals surface area contributed by atoms with Crippen molar-refractivity contribution in [3.63, 3.8) is 0 Å². The van der Waals surface area contributed by atoms with Gasteiger partial charge in [-0.05, 0) is 36.2 Å². The number of rotatable bonds is 5. The average Bonchev–Trinajstić information content (AvgIpc) is 2.41. The molecule has 1 heterocycles. The molecule has 0 radical (unpaired) electrons. The maximum Gasteiger partial charge on any atom is 0.137 e. The van der Waals surface area contributed by atoms with Crippen molar-refractivity contribution in [2.75, 3.05) is 6.61 Å². The van der Waals surface area contributed by atoms with Crippen LogP contribution in [0.1, 0.15) is 24.1 Å². The highest BCUT2D eigenvalue weighted by molar-refractivity contribution is 5.34. The van der Waals surface area contributed by atoms with Crippen LogP contribution in [0.3, 0.4) is 0 Å². The van der Waals surface area contributed by atoms with Gasteiger partial charge in [0.1, 0.15) is 11.6 Å². The predicted molar refractivity (Wildman–Crippen MR) is 71.0 cm³/mol. The van der Waals surface area contributed by atoms with E-state index in [9.17, 15) is 4.39 Å². The number of pyridine rings is 1. The third-order valence-electron chi connectivity index (χ3n) is 2.73. The first kappa shape index (κ1) is 13.5. The maximum atomic E-state index is 13.3. The van der Waals surface area contributed by atoms with Gasteiger partial charge >= 0.3 is 0 Å². The van der Waals surface area contributed by atoms with Gasteiger partial charge in [0.05, 0.1) is 18.8 Å². The normalized spacial score (nSPS) is 12.2. The van der Waals surface area contributed by atoms with E-state index in [4.69, 9.17) is 10.6 Å². The lowest BCUT2D eigenvalue weighted by Gasteiger charge is -2.17. The van der Waals surface area contributed by atoms with Crippen molar-refractivity contribution in [3.05, 3.63) is 59.7 Å². The lowest BCUT2D eigenvalue weighted by Crippen LogP contribution is -2.29. The Balaban J connectivity index is 2.33. The van der Waals surface area contributed by atoms with E-state index in [-0.39, 0.29) is 11.9 Å². The van der Waals surface area contributed by atoms with Gasteiger partial charge in [-0.15, -0.1) is 0 Å². The molecule has 1 unspecified atom stereocenters. The molecule has 0 saturated heterocycles. The molecule has 19 heavy (non-hydrogen) atoms. The Hall–Kier alpha value is -1.98. The highest BCUT2D eigenvalue weighted by atomic mass is 19.1. The quantitative estimate of drug-likeness (QED) is 0.639. The van der Waals surface area contributed by atoms with E-state index in [1.165, 1.54) is 12.1 Å². The summed E-state index contributed by atoms with van der Waals surface area (Å²) in [6.07, 6.45) is 3.31. The molecule has 0 spiro atoms. The number of nitrogens with two attached hydrogens (primary N) is 1. The number of nitrogens with one attached hydrogen (secondary N) is 1. The van der Waals surface area contributed by atoms with Crippen LogP contribution in [-0.2, 0) is 0 Å². The summed E-state index contributed by atoms with van der Waals surface area (Å²) >= 11 is 0. The summed E-state index contributed by atoms with van der Waals surface area (Å²) < 4.78 is 18.7. The van der Waals surface area contributed by atoms with Crippen LogP contribution in [0.15, 0.2) is 42.7 Å². The minimum atomic E-state index is -0.330. The number of ether oxygens (including phenoxy) is 1. The molecule has 2 rings (SSSR count). The van der Waals surface area contributed by atoms with E-state index in [2.05, 4.69) is 10.4 Å². The molecule has 2 aromatic rings. The van der Waals surface area contributed by atoms with Crippen molar-refractivity contribution in [2.24, 2.45) is 5.84 Å². The van der Waals surface area contributed by atoms with Crippen LogP contribution in [0.4, 0.5) is 4.39 Å². The van der Waals surface area contributed by atoms with Crippen LogP contribution in [-0.4, -0.2) is 11.6 Å². The summed E-state index contributed by atoms with van der Waals surface area (Å²) in [6, 6.07) is 7.80. The van der Waals surface area contributed by atoms with Crippen LogP contribution < -0.4 is 16.0 Å². The second-order valence-corrected chi connectivity index (χ2v) is 4.04. The first-order valence-electron chi connectivity index (χ1n) is 6.04. The van der Waals surface area contributed by atoms with Gasteiger partial charge in [0.25, 0.3) is 0 Å². The van der Waals surface area contributed by atoms with Crippen LogP contribution in [0.25, 0.3) is 0 Å². The third-order valence-corrected chi connectivity index (χ3v) is 2.73. The summed E-state index contributed by atoms with van der Waals surface area (Å²) in [6.45, 7) is 2.46. The summed E-state index contributed by atoms with van der Waals surface area (Å²) in [5.41, 5.74) is 4.22. The molecule has 0 aliphatic rings. The molecular formula is C14H16FN3O. The van der Waals surface area contributed by atoms with Crippen molar-refractivity contribution in [3.8, 4) is 5.75 Å². The fraction of sp³-hybridized carbons (Fsp3) is 0.214. The molecule has 1 atom stereocenters. The zero-order chi connectivity index (χ0) is 13.7.